The Labute approximate surface area is 151 Å². The lowest BCUT2D eigenvalue weighted by Crippen LogP contribution is -2.20. The summed E-state index contributed by atoms with van der Waals surface area (Å²) in [5.74, 6) is 0.764. The van der Waals surface area contributed by atoms with Gasteiger partial charge in [0.2, 0.25) is 5.91 Å². The van der Waals surface area contributed by atoms with Gasteiger partial charge in [-0.3, -0.25) is 9.59 Å². The minimum absolute atomic E-state index is 0.123. The van der Waals surface area contributed by atoms with Crippen LogP contribution in [0.15, 0.2) is 42.5 Å². The van der Waals surface area contributed by atoms with Gasteiger partial charge in [-0.1, -0.05) is 18.5 Å². The van der Waals surface area contributed by atoms with Crippen LogP contribution in [0.2, 0.25) is 5.02 Å². The van der Waals surface area contributed by atoms with Gasteiger partial charge in [-0.15, -0.1) is 0 Å². The van der Waals surface area contributed by atoms with Gasteiger partial charge in [0, 0.05) is 12.1 Å². The van der Waals surface area contributed by atoms with Gasteiger partial charge in [0.05, 0.1) is 17.8 Å². The third-order valence-corrected chi connectivity index (χ3v) is 3.60. The van der Waals surface area contributed by atoms with Gasteiger partial charge in [-0.05, 0) is 42.5 Å². The van der Waals surface area contributed by atoms with Gasteiger partial charge < -0.3 is 20.1 Å². The second kappa shape index (κ2) is 8.94. The van der Waals surface area contributed by atoms with Crippen molar-refractivity contribution < 1.29 is 19.1 Å². The number of methoxy groups -OCH3 is 1. The summed E-state index contributed by atoms with van der Waals surface area (Å²) in [6.45, 7) is 1.58. The van der Waals surface area contributed by atoms with E-state index in [1.165, 1.54) is 0 Å². The van der Waals surface area contributed by atoms with Crippen molar-refractivity contribution >= 4 is 34.8 Å². The fourth-order valence-corrected chi connectivity index (χ4v) is 2.12. The first-order valence-corrected chi connectivity index (χ1v) is 8.05. The molecule has 0 spiro atoms. The van der Waals surface area contributed by atoms with E-state index in [1.54, 1.807) is 56.5 Å². The molecule has 0 aromatic heterocycles. The molecule has 2 aromatic carbocycles. The van der Waals surface area contributed by atoms with E-state index >= 15 is 0 Å². The highest BCUT2D eigenvalue weighted by Crippen LogP contribution is 2.25. The lowest BCUT2D eigenvalue weighted by molar-refractivity contribution is -0.118. The Morgan fingerprint density at radius 3 is 2.32 bits per heavy atom. The predicted molar refractivity (Wildman–Crippen MR) is 97.5 cm³/mol. The van der Waals surface area contributed by atoms with Crippen molar-refractivity contribution in [2.75, 3.05) is 24.4 Å². The first kappa shape index (κ1) is 18.6. The van der Waals surface area contributed by atoms with Crippen molar-refractivity contribution in [2.45, 2.75) is 13.3 Å². The number of carbonyl (C=O) groups excluding carboxylic acids is 2. The molecule has 2 rings (SSSR count). The van der Waals surface area contributed by atoms with Crippen LogP contribution in [0, 0.1) is 0 Å². The molecule has 0 saturated heterocycles. The molecular weight excluding hydrogens is 344 g/mol. The van der Waals surface area contributed by atoms with Crippen LogP contribution in [0.4, 0.5) is 11.4 Å². The van der Waals surface area contributed by atoms with Gasteiger partial charge >= 0.3 is 0 Å². The average Bonchev–Trinajstić information content (AvgIpc) is 2.63. The third-order valence-electron chi connectivity index (χ3n) is 3.27. The van der Waals surface area contributed by atoms with Crippen LogP contribution in [0.1, 0.15) is 13.3 Å². The second-order valence-electron chi connectivity index (χ2n) is 5.11. The summed E-state index contributed by atoms with van der Waals surface area (Å²) in [4.78, 5) is 23.5. The molecule has 0 radical (unpaired) electrons. The highest BCUT2D eigenvalue weighted by Gasteiger charge is 2.09. The van der Waals surface area contributed by atoms with E-state index in [9.17, 15) is 9.59 Å². The number of halogens is 1. The largest absolute Gasteiger partial charge is 0.497 e. The minimum Gasteiger partial charge on any atom is -0.497 e. The monoisotopic (exact) mass is 362 g/mol. The summed E-state index contributed by atoms with van der Waals surface area (Å²) in [5, 5.41) is 5.74. The van der Waals surface area contributed by atoms with Gasteiger partial charge in [-0.25, -0.2) is 0 Å². The molecule has 2 amide bonds. The fraction of sp³-hybridized carbons (Fsp3) is 0.222. The Bertz CT molecular complexity index is 747. The van der Waals surface area contributed by atoms with Crippen molar-refractivity contribution in [3.8, 4) is 11.5 Å². The molecule has 0 saturated carbocycles. The fourth-order valence-electron chi connectivity index (χ4n) is 1.96. The zero-order chi connectivity index (χ0) is 18.2. The number of ether oxygens (including phenoxy) is 2. The highest BCUT2D eigenvalue weighted by atomic mass is 35.5. The number of hydrogen-bond acceptors (Lipinski definition) is 4. The van der Waals surface area contributed by atoms with Gasteiger partial charge in [-0.2, -0.15) is 0 Å². The normalized spacial score (nSPS) is 10.0. The zero-order valence-electron chi connectivity index (χ0n) is 14.0. The molecule has 6 nitrogen and oxygen atoms in total. The van der Waals surface area contributed by atoms with Crippen LogP contribution in [-0.2, 0) is 9.59 Å². The Hall–Kier alpha value is -2.73. The molecule has 0 bridgehead atoms. The quantitative estimate of drug-likeness (QED) is 0.787. The summed E-state index contributed by atoms with van der Waals surface area (Å²) in [6.07, 6.45) is 0.361. The summed E-state index contributed by atoms with van der Waals surface area (Å²) >= 11 is 6.08. The van der Waals surface area contributed by atoms with Crippen molar-refractivity contribution in [3.63, 3.8) is 0 Å². The molecule has 2 aromatic rings. The van der Waals surface area contributed by atoms with E-state index in [4.69, 9.17) is 21.1 Å². The van der Waals surface area contributed by atoms with Gasteiger partial charge in [0.25, 0.3) is 5.91 Å². The lowest BCUT2D eigenvalue weighted by atomic mass is 10.2. The third kappa shape index (κ3) is 5.69. The Kier molecular flexibility index (Phi) is 6.65. The number of amides is 2. The summed E-state index contributed by atoms with van der Waals surface area (Å²) in [7, 11) is 1.57. The zero-order valence-corrected chi connectivity index (χ0v) is 14.7. The van der Waals surface area contributed by atoms with Crippen LogP contribution in [0.5, 0.6) is 11.5 Å². The minimum atomic E-state index is -0.364. The van der Waals surface area contributed by atoms with E-state index in [0.717, 1.165) is 0 Å². The Balaban J connectivity index is 1.94. The topological polar surface area (TPSA) is 76.7 Å². The molecule has 25 heavy (non-hydrogen) atoms. The predicted octanol–water partition coefficient (Wildman–Crippen LogP) is 3.71. The van der Waals surface area contributed by atoms with Crippen molar-refractivity contribution in [2.24, 2.45) is 0 Å². The highest BCUT2D eigenvalue weighted by molar-refractivity contribution is 6.33. The molecule has 0 fully saturated rings. The first-order valence-electron chi connectivity index (χ1n) is 7.68. The lowest BCUT2D eigenvalue weighted by Gasteiger charge is -2.11. The molecule has 7 heteroatoms. The van der Waals surface area contributed by atoms with E-state index < -0.39 is 0 Å². The molecule has 0 aliphatic carbocycles. The van der Waals surface area contributed by atoms with Crippen LogP contribution in [0.3, 0.4) is 0 Å². The first-order chi connectivity index (χ1) is 12.0. The standard InChI is InChI=1S/C18H19ClN2O4/c1-3-17(22)20-12-4-9-15(19)16(10-12)21-18(23)11-25-14-7-5-13(24-2)6-8-14/h4-10H,3,11H2,1-2H3,(H,20,22)(H,21,23). The van der Waals surface area contributed by atoms with E-state index in [0.29, 0.717) is 34.3 Å². The van der Waals surface area contributed by atoms with E-state index in [1.807, 2.05) is 0 Å². The number of anilines is 2. The number of hydrogen-bond donors (Lipinski definition) is 2. The second-order valence-corrected chi connectivity index (χ2v) is 5.52. The maximum absolute atomic E-state index is 12.0. The SMILES string of the molecule is CCC(=O)Nc1ccc(Cl)c(NC(=O)COc2ccc(OC)cc2)c1. The molecule has 0 unspecified atom stereocenters. The summed E-state index contributed by atoms with van der Waals surface area (Å²) in [5.41, 5.74) is 0.960. The average molecular weight is 363 g/mol. The summed E-state index contributed by atoms with van der Waals surface area (Å²) in [6, 6.07) is 11.8. The molecule has 0 atom stereocenters. The van der Waals surface area contributed by atoms with Gasteiger partial charge in [0.15, 0.2) is 6.61 Å². The maximum Gasteiger partial charge on any atom is 0.262 e. The van der Waals surface area contributed by atoms with Crippen molar-refractivity contribution in [1.82, 2.24) is 0 Å². The molecular formula is C18H19ClN2O4. The van der Waals surface area contributed by atoms with Crippen LogP contribution in [0.25, 0.3) is 0 Å². The molecule has 132 valence electrons. The smallest absolute Gasteiger partial charge is 0.262 e. The molecule has 0 heterocycles. The van der Waals surface area contributed by atoms with E-state index in [2.05, 4.69) is 10.6 Å². The summed E-state index contributed by atoms with van der Waals surface area (Å²) < 4.78 is 10.5. The number of carbonyl (C=O) groups is 2. The van der Waals surface area contributed by atoms with Crippen LogP contribution >= 0.6 is 11.6 Å². The number of nitrogens with one attached hydrogen (secondary N) is 2. The Morgan fingerprint density at radius 2 is 1.68 bits per heavy atom. The van der Waals surface area contributed by atoms with Crippen molar-refractivity contribution in [1.29, 1.82) is 0 Å². The Morgan fingerprint density at radius 1 is 1.00 bits per heavy atom. The molecule has 0 aliphatic rings. The molecule has 0 aliphatic heterocycles. The maximum atomic E-state index is 12.0. The van der Waals surface area contributed by atoms with Crippen LogP contribution in [-0.4, -0.2) is 25.5 Å². The van der Waals surface area contributed by atoms with Gasteiger partial charge in [0.1, 0.15) is 11.5 Å². The number of benzene rings is 2. The van der Waals surface area contributed by atoms with E-state index in [-0.39, 0.29) is 18.4 Å². The van der Waals surface area contributed by atoms with Crippen molar-refractivity contribution in [3.05, 3.63) is 47.5 Å². The molecule has 2 N–H and O–H groups in total. The van der Waals surface area contributed by atoms with Crippen LogP contribution < -0.4 is 20.1 Å². The number of rotatable bonds is 7.